The number of hydrogen-bond donors (Lipinski definition) is 0. The Hall–Kier alpha value is -2.83. The van der Waals surface area contributed by atoms with E-state index in [1.807, 2.05) is 13.8 Å². The molecule has 0 amide bonds. The van der Waals surface area contributed by atoms with Gasteiger partial charge in [-0.1, -0.05) is 0 Å². The Morgan fingerprint density at radius 3 is 2.58 bits per heavy atom. The van der Waals surface area contributed by atoms with Crippen molar-refractivity contribution in [1.29, 1.82) is 0 Å². The second-order valence-corrected chi connectivity index (χ2v) is 6.43. The van der Waals surface area contributed by atoms with Gasteiger partial charge in [-0.05, 0) is 45.9 Å². The number of aryl methyl sites for hydroxylation is 1. The van der Waals surface area contributed by atoms with Gasteiger partial charge < -0.3 is 4.74 Å². The first-order chi connectivity index (χ1) is 12.3. The van der Waals surface area contributed by atoms with Crippen LogP contribution in [-0.2, 0) is 4.74 Å². The Morgan fingerprint density at radius 1 is 1.19 bits per heavy atom. The minimum Gasteiger partial charge on any atom is -0.454 e. The van der Waals surface area contributed by atoms with E-state index in [9.17, 15) is 13.6 Å². The van der Waals surface area contributed by atoms with E-state index in [2.05, 4.69) is 10.1 Å². The van der Waals surface area contributed by atoms with Crippen LogP contribution in [-0.4, -0.2) is 20.7 Å². The topological polar surface area (TPSA) is 57.0 Å². The van der Waals surface area contributed by atoms with Gasteiger partial charge in [-0.3, -0.25) is 0 Å². The van der Waals surface area contributed by atoms with E-state index < -0.39 is 23.7 Å². The fraction of sp³-hybridized carbons (Fsp3) is 0.316. The monoisotopic (exact) mass is 359 g/mol. The van der Waals surface area contributed by atoms with E-state index in [1.54, 1.807) is 23.9 Å². The first-order valence-electron chi connectivity index (χ1n) is 8.28. The Morgan fingerprint density at radius 2 is 1.92 bits per heavy atom. The molecule has 1 atom stereocenters. The van der Waals surface area contributed by atoms with Crippen LogP contribution in [0.4, 0.5) is 8.78 Å². The number of esters is 1. The van der Waals surface area contributed by atoms with Crippen LogP contribution in [0.25, 0.3) is 11.0 Å². The third kappa shape index (κ3) is 3.29. The quantitative estimate of drug-likeness (QED) is 0.643. The number of nitrogens with zero attached hydrogens (tertiary/aromatic N) is 3. The molecule has 7 heteroatoms. The minimum absolute atomic E-state index is 0.110. The molecule has 0 fully saturated rings. The maximum absolute atomic E-state index is 13.9. The molecule has 0 N–H and O–H groups in total. The zero-order valence-corrected chi connectivity index (χ0v) is 15.0. The molecule has 0 spiro atoms. The second kappa shape index (κ2) is 6.82. The smallest absolute Gasteiger partial charge is 0.340 e. The molecule has 0 radical (unpaired) electrons. The Bertz CT molecular complexity index is 982. The number of carbonyl (C=O) groups is 1. The Kier molecular flexibility index (Phi) is 4.71. The standard InChI is InChI=1S/C19H19F2N3O2/c1-10(2)24-18-13(9-22-24)7-16(11(3)23-18)19(25)26-12(4)15-6-5-14(20)8-17(15)21/h5-10,12H,1-4H3. The van der Waals surface area contributed by atoms with Crippen molar-refractivity contribution in [3.8, 4) is 0 Å². The molecular formula is C19H19F2N3O2. The van der Waals surface area contributed by atoms with Crippen LogP contribution in [0, 0.1) is 18.6 Å². The van der Waals surface area contributed by atoms with E-state index in [0.29, 0.717) is 11.3 Å². The van der Waals surface area contributed by atoms with Crippen LogP contribution in [0.2, 0.25) is 0 Å². The number of aromatic nitrogens is 3. The number of carbonyl (C=O) groups excluding carboxylic acids is 1. The third-order valence-corrected chi connectivity index (χ3v) is 4.15. The molecule has 3 aromatic rings. The molecule has 1 unspecified atom stereocenters. The largest absolute Gasteiger partial charge is 0.454 e. The summed E-state index contributed by atoms with van der Waals surface area (Å²) in [5, 5.41) is 5.00. The van der Waals surface area contributed by atoms with E-state index in [-0.39, 0.29) is 17.2 Å². The molecule has 26 heavy (non-hydrogen) atoms. The van der Waals surface area contributed by atoms with Gasteiger partial charge in [0.2, 0.25) is 0 Å². The first kappa shape index (κ1) is 18.0. The minimum atomic E-state index is -0.864. The Balaban J connectivity index is 1.88. The molecule has 136 valence electrons. The van der Waals surface area contributed by atoms with Crippen molar-refractivity contribution in [1.82, 2.24) is 14.8 Å². The normalized spacial score (nSPS) is 12.6. The molecular weight excluding hydrogens is 340 g/mol. The van der Waals surface area contributed by atoms with Gasteiger partial charge in [0.25, 0.3) is 0 Å². The van der Waals surface area contributed by atoms with Crippen molar-refractivity contribution < 1.29 is 18.3 Å². The fourth-order valence-corrected chi connectivity index (χ4v) is 2.77. The van der Waals surface area contributed by atoms with Crippen molar-refractivity contribution in [3.05, 3.63) is 58.9 Å². The maximum Gasteiger partial charge on any atom is 0.340 e. The van der Waals surface area contributed by atoms with Crippen molar-refractivity contribution in [3.63, 3.8) is 0 Å². The fourth-order valence-electron chi connectivity index (χ4n) is 2.77. The lowest BCUT2D eigenvalue weighted by Gasteiger charge is -2.15. The SMILES string of the molecule is Cc1nc2c(cnn2C(C)C)cc1C(=O)OC(C)c1ccc(F)cc1F. The number of fused-ring (bicyclic) bond motifs is 1. The molecule has 0 aliphatic heterocycles. The number of hydrogen-bond acceptors (Lipinski definition) is 4. The lowest BCUT2D eigenvalue weighted by Crippen LogP contribution is -2.13. The lowest BCUT2D eigenvalue weighted by molar-refractivity contribution is 0.0330. The van der Waals surface area contributed by atoms with Gasteiger partial charge in [0.05, 0.1) is 17.5 Å². The van der Waals surface area contributed by atoms with Gasteiger partial charge in [-0.15, -0.1) is 0 Å². The average molecular weight is 359 g/mol. The summed E-state index contributed by atoms with van der Waals surface area (Å²) in [5.41, 5.74) is 1.58. The van der Waals surface area contributed by atoms with E-state index >= 15 is 0 Å². The summed E-state index contributed by atoms with van der Waals surface area (Å²) in [6.45, 7) is 7.22. The summed E-state index contributed by atoms with van der Waals surface area (Å²) < 4.78 is 34.0. The summed E-state index contributed by atoms with van der Waals surface area (Å²) in [7, 11) is 0. The van der Waals surface area contributed by atoms with Gasteiger partial charge in [0.15, 0.2) is 5.65 Å². The highest BCUT2D eigenvalue weighted by molar-refractivity contribution is 5.94. The molecule has 2 heterocycles. The second-order valence-electron chi connectivity index (χ2n) is 6.43. The predicted octanol–water partition coefficient (Wildman–Crippen LogP) is 4.52. The summed E-state index contributed by atoms with van der Waals surface area (Å²) in [5.74, 6) is -2.06. The van der Waals surface area contributed by atoms with Gasteiger partial charge in [0.1, 0.15) is 17.7 Å². The summed E-state index contributed by atoms with van der Waals surface area (Å²) >= 11 is 0. The highest BCUT2D eigenvalue weighted by Gasteiger charge is 2.21. The van der Waals surface area contributed by atoms with Crippen molar-refractivity contribution in [2.75, 3.05) is 0 Å². The number of benzene rings is 1. The number of pyridine rings is 1. The molecule has 0 aliphatic carbocycles. The van der Waals surface area contributed by atoms with Gasteiger partial charge in [-0.25, -0.2) is 23.2 Å². The molecule has 1 aromatic carbocycles. The zero-order chi connectivity index (χ0) is 19.0. The molecule has 5 nitrogen and oxygen atoms in total. The van der Waals surface area contributed by atoms with E-state index in [0.717, 1.165) is 17.5 Å². The number of ether oxygens (including phenoxy) is 1. The van der Waals surface area contributed by atoms with Crippen LogP contribution in [0.15, 0.2) is 30.5 Å². The highest BCUT2D eigenvalue weighted by Crippen LogP contribution is 2.24. The van der Waals surface area contributed by atoms with Crippen molar-refractivity contribution >= 4 is 17.0 Å². The van der Waals surface area contributed by atoms with Crippen LogP contribution < -0.4 is 0 Å². The molecule has 0 saturated carbocycles. The number of rotatable bonds is 4. The highest BCUT2D eigenvalue weighted by atomic mass is 19.1. The van der Waals surface area contributed by atoms with Crippen LogP contribution in [0.1, 0.15) is 54.5 Å². The van der Waals surface area contributed by atoms with Gasteiger partial charge >= 0.3 is 5.97 Å². The van der Waals surface area contributed by atoms with Crippen LogP contribution in [0.3, 0.4) is 0 Å². The van der Waals surface area contributed by atoms with Crippen LogP contribution >= 0.6 is 0 Å². The van der Waals surface area contributed by atoms with E-state index in [1.165, 1.54) is 13.0 Å². The average Bonchev–Trinajstić information content (AvgIpc) is 2.96. The number of halogens is 2. The van der Waals surface area contributed by atoms with Gasteiger partial charge in [0, 0.05) is 23.1 Å². The summed E-state index contributed by atoms with van der Waals surface area (Å²) in [4.78, 5) is 17.0. The molecule has 0 bridgehead atoms. The van der Waals surface area contributed by atoms with E-state index in [4.69, 9.17) is 4.74 Å². The van der Waals surface area contributed by atoms with Crippen LogP contribution in [0.5, 0.6) is 0 Å². The maximum atomic E-state index is 13.9. The molecule has 3 rings (SSSR count). The van der Waals surface area contributed by atoms with Crippen molar-refractivity contribution in [2.45, 2.75) is 39.8 Å². The zero-order valence-electron chi connectivity index (χ0n) is 15.0. The molecule has 0 aliphatic rings. The van der Waals surface area contributed by atoms with Crippen molar-refractivity contribution in [2.24, 2.45) is 0 Å². The summed E-state index contributed by atoms with van der Waals surface area (Å²) in [6, 6.07) is 4.96. The Labute approximate surface area is 149 Å². The third-order valence-electron chi connectivity index (χ3n) is 4.15. The molecule has 0 saturated heterocycles. The van der Waals surface area contributed by atoms with Gasteiger partial charge in [-0.2, -0.15) is 5.10 Å². The first-order valence-corrected chi connectivity index (χ1v) is 8.28. The molecule has 2 aromatic heterocycles. The lowest BCUT2D eigenvalue weighted by atomic mass is 10.1. The predicted molar refractivity (Wildman–Crippen MR) is 92.8 cm³/mol. The summed E-state index contributed by atoms with van der Waals surface area (Å²) in [6.07, 6.45) is 0.776.